The molecular formula is C16H12ClNO2. The van der Waals surface area contributed by atoms with Crippen molar-refractivity contribution < 1.29 is 4.74 Å². The molecule has 0 radical (unpaired) electrons. The first kappa shape index (κ1) is 12.8. The van der Waals surface area contributed by atoms with Gasteiger partial charge in [0, 0.05) is 11.8 Å². The van der Waals surface area contributed by atoms with E-state index in [1.807, 2.05) is 30.3 Å². The fourth-order valence-corrected chi connectivity index (χ4v) is 2.49. The van der Waals surface area contributed by atoms with Gasteiger partial charge < -0.3 is 9.72 Å². The molecule has 0 saturated heterocycles. The number of ether oxygens (including phenoxy) is 1. The topological polar surface area (TPSA) is 42.1 Å². The Morgan fingerprint density at radius 1 is 1.10 bits per heavy atom. The lowest BCUT2D eigenvalue weighted by Crippen LogP contribution is -2.04. The number of H-pyrrole nitrogens is 1. The van der Waals surface area contributed by atoms with Crippen LogP contribution in [0.3, 0.4) is 0 Å². The summed E-state index contributed by atoms with van der Waals surface area (Å²) in [6.07, 6.45) is 0. The zero-order valence-electron chi connectivity index (χ0n) is 10.8. The van der Waals surface area contributed by atoms with E-state index in [1.165, 1.54) is 0 Å². The van der Waals surface area contributed by atoms with Crippen LogP contribution in [0, 0.1) is 0 Å². The first-order chi connectivity index (χ1) is 9.70. The van der Waals surface area contributed by atoms with Crippen LogP contribution in [0.15, 0.2) is 53.3 Å². The predicted molar refractivity (Wildman–Crippen MR) is 81.6 cm³/mol. The van der Waals surface area contributed by atoms with E-state index in [-0.39, 0.29) is 5.43 Å². The molecule has 1 heterocycles. The van der Waals surface area contributed by atoms with Gasteiger partial charge in [0.1, 0.15) is 5.75 Å². The molecule has 0 aliphatic heterocycles. The molecule has 0 saturated carbocycles. The fraction of sp³-hybridized carbons (Fsp3) is 0.0625. The smallest absolute Gasteiger partial charge is 0.191 e. The van der Waals surface area contributed by atoms with Crippen LogP contribution in [-0.4, -0.2) is 12.1 Å². The van der Waals surface area contributed by atoms with Gasteiger partial charge in [0.2, 0.25) is 0 Å². The molecule has 1 aromatic heterocycles. The number of aromatic nitrogens is 1. The number of rotatable bonds is 2. The van der Waals surface area contributed by atoms with Gasteiger partial charge in [-0.05, 0) is 17.7 Å². The van der Waals surface area contributed by atoms with Gasteiger partial charge in [0.15, 0.2) is 5.43 Å². The summed E-state index contributed by atoms with van der Waals surface area (Å²) in [4.78, 5) is 15.5. The van der Waals surface area contributed by atoms with Crippen LogP contribution in [0.1, 0.15) is 0 Å². The predicted octanol–water partition coefficient (Wildman–Crippen LogP) is 3.86. The summed E-state index contributed by atoms with van der Waals surface area (Å²) >= 11 is 6.11. The minimum absolute atomic E-state index is 0.124. The Kier molecular flexibility index (Phi) is 3.20. The van der Waals surface area contributed by atoms with Crippen molar-refractivity contribution in [1.82, 2.24) is 4.98 Å². The number of benzene rings is 2. The Labute approximate surface area is 120 Å². The summed E-state index contributed by atoms with van der Waals surface area (Å²) in [6.45, 7) is 0. The Bertz CT molecular complexity index is 825. The molecule has 100 valence electrons. The van der Waals surface area contributed by atoms with Crippen molar-refractivity contribution >= 4 is 22.5 Å². The van der Waals surface area contributed by atoms with Crippen LogP contribution in [0.2, 0.25) is 5.02 Å². The third-order valence-corrected chi connectivity index (χ3v) is 3.52. The second-order valence-electron chi connectivity index (χ2n) is 4.41. The molecule has 3 aromatic rings. The number of fused-ring (bicyclic) bond motifs is 1. The van der Waals surface area contributed by atoms with Crippen LogP contribution >= 0.6 is 11.6 Å². The fourth-order valence-electron chi connectivity index (χ4n) is 2.24. The normalized spacial score (nSPS) is 10.7. The lowest BCUT2D eigenvalue weighted by Gasteiger charge is -2.09. The molecule has 3 nitrogen and oxygen atoms in total. The highest BCUT2D eigenvalue weighted by molar-refractivity contribution is 6.35. The molecule has 0 aliphatic rings. The first-order valence-electron chi connectivity index (χ1n) is 6.15. The number of halogens is 1. The Morgan fingerprint density at radius 3 is 2.55 bits per heavy atom. The molecule has 4 heteroatoms. The van der Waals surface area contributed by atoms with Crippen LogP contribution in [-0.2, 0) is 0 Å². The highest BCUT2D eigenvalue weighted by Crippen LogP contribution is 2.29. The van der Waals surface area contributed by atoms with Gasteiger partial charge in [0.25, 0.3) is 0 Å². The van der Waals surface area contributed by atoms with Crippen LogP contribution in [0.25, 0.3) is 22.2 Å². The monoisotopic (exact) mass is 285 g/mol. The average molecular weight is 286 g/mol. The lowest BCUT2D eigenvalue weighted by molar-refractivity contribution is 0.419. The molecular weight excluding hydrogens is 274 g/mol. The van der Waals surface area contributed by atoms with Crippen molar-refractivity contribution in [2.24, 2.45) is 0 Å². The van der Waals surface area contributed by atoms with Crippen molar-refractivity contribution in [2.75, 3.05) is 7.11 Å². The summed E-state index contributed by atoms with van der Waals surface area (Å²) in [5.41, 5.74) is 2.17. The number of nitrogens with one attached hydrogen (secondary N) is 1. The van der Waals surface area contributed by atoms with E-state index in [2.05, 4.69) is 4.98 Å². The summed E-state index contributed by atoms with van der Waals surface area (Å²) in [5, 5.41) is 0.868. The number of pyridine rings is 1. The van der Waals surface area contributed by atoms with E-state index in [0.29, 0.717) is 21.7 Å². The molecule has 0 bridgehead atoms. The molecule has 0 aliphatic carbocycles. The van der Waals surface area contributed by atoms with Gasteiger partial charge in [-0.3, -0.25) is 4.79 Å². The highest BCUT2D eigenvalue weighted by atomic mass is 35.5. The maximum atomic E-state index is 12.3. The van der Waals surface area contributed by atoms with Crippen molar-refractivity contribution in [1.29, 1.82) is 0 Å². The summed E-state index contributed by atoms with van der Waals surface area (Å²) in [5.74, 6) is 0.597. The molecule has 0 fully saturated rings. The maximum absolute atomic E-state index is 12.3. The van der Waals surface area contributed by atoms with Gasteiger partial charge >= 0.3 is 0 Å². The van der Waals surface area contributed by atoms with E-state index in [1.54, 1.807) is 25.3 Å². The Morgan fingerprint density at radius 2 is 1.85 bits per heavy atom. The SMILES string of the molecule is COc1ccc(Cl)c2c(=O)cc(-c3ccccc3)[nH]c12. The molecule has 3 rings (SSSR count). The van der Waals surface area contributed by atoms with E-state index in [4.69, 9.17) is 16.3 Å². The zero-order valence-corrected chi connectivity index (χ0v) is 11.6. The Hall–Kier alpha value is -2.26. The number of hydrogen-bond donors (Lipinski definition) is 1. The third-order valence-electron chi connectivity index (χ3n) is 3.20. The van der Waals surface area contributed by atoms with E-state index in [9.17, 15) is 4.79 Å². The third kappa shape index (κ3) is 2.06. The summed E-state index contributed by atoms with van der Waals surface area (Å²) in [6, 6.07) is 14.6. The van der Waals surface area contributed by atoms with Crippen molar-refractivity contribution in [2.45, 2.75) is 0 Å². The van der Waals surface area contributed by atoms with Gasteiger partial charge in [-0.1, -0.05) is 41.9 Å². The van der Waals surface area contributed by atoms with Crippen molar-refractivity contribution in [3.8, 4) is 17.0 Å². The van der Waals surface area contributed by atoms with Crippen molar-refractivity contribution in [3.05, 3.63) is 63.8 Å². The van der Waals surface area contributed by atoms with Gasteiger partial charge in [-0.25, -0.2) is 0 Å². The quantitative estimate of drug-likeness (QED) is 0.777. The molecule has 0 spiro atoms. The zero-order chi connectivity index (χ0) is 14.1. The first-order valence-corrected chi connectivity index (χ1v) is 6.53. The molecule has 20 heavy (non-hydrogen) atoms. The molecule has 2 aromatic carbocycles. The molecule has 0 amide bonds. The minimum atomic E-state index is -0.124. The van der Waals surface area contributed by atoms with Crippen molar-refractivity contribution in [3.63, 3.8) is 0 Å². The number of aromatic amines is 1. The van der Waals surface area contributed by atoms with Gasteiger partial charge in [0.05, 0.1) is 23.0 Å². The second-order valence-corrected chi connectivity index (χ2v) is 4.82. The van der Waals surface area contributed by atoms with Crippen LogP contribution < -0.4 is 10.2 Å². The van der Waals surface area contributed by atoms with E-state index < -0.39 is 0 Å². The van der Waals surface area contributed by atoms with E-state index >= 15 is 0 Å². The lowest BCUT2D eigenvalue weighted by atomic mass is 10.1. The highest BCUT2D eigenvalue weighted by Gasteiger charge is 2.11. The van der Waals surface area contributed by atoms with Crippen LogP contribution in [0.5, 0.6) is 5.75 Å². The largest absolute Gasteiger partial charge is 0.495 e. The van der Waals surface area contributed by atoms with Crippen LogP contribution in [0.4, 0.5) is 0 Å². The van der Waals surface area contributed by atoms with Gasteiger partial charge in [-0.2, -0.15) is 0 Å². The molecule has 1 N–H and O–H groups in total. The summed E-state index contributed by atoms with van der Waals surface area (Å²) < 4.78 is 5.30. The molecule has 0 atom stereocenters. The Balaban J connectivity index is 2.37. The van der Waals surface area contributed by atoms with Gasteiger partial charge in [-0.15, -0.1) is 0 Å². The average Bonchev–Trinajstić information content (AvgIpc) is 2.48. The number of methoxy groups -OCH3 is 1. The molecule has 0 unspecified atom stereocenters. The second kappa shape index (κ2) is 5.02. The minimum Gasteiger partial charge on any atom is -0.495 e. The standard InChI is InChI=1S/C16H12ClNO2/c1-20-14-8-7-11(17)15-13(19)9-12(18-16(14)15)10-5-3-2-4-6-10/h2-9H,1H3,(H,18,19). The van der Waals surface area contributed by atoms with E-state index in [0.717, 1.165) is 11.3 Å². The maximum Gasteiger partial charge on any atom is 0.191 e. The number of hydrogen-bond acceptors (Lipinski definition) is 2. The summed E-state index contributed by atoms with van der Waals surface area (Å²) in [7, 11) is 1.57.